The zero-order valence-corrected chi connectivity index (χ0v) is 12.2. The van der Waals surface area contributed by atoms with Gasteiger partial charge in [0.2, 0.25) is 0 Å². The van der Waals surface area contributed by atoms with E-state index in [1.165, 1.54) is 16.1 Å². The molecule has 0 amide bonds. The Morgan fingerprint density at radius 1 is 1.12 bits per heavy atom. The van der Waals surface area contributed by atoms with Crippen LogP contribution in [0.3, 0.4) is 0 Å². The van der Waals surface area contributed by atoms with E-state index in [4.69, 9.17) is 0 Å². The summed E-state index contributed by atoms with van der Waals surface area (Å²) in [4.78, 5) is 4.99. The summed E-state index contributed by atoms with van der Waals surface area (Å²) in [7, 11) is 0. The van der Waals surface area contributed by atoms with Crippen molar-refractivity contribution in [2.75, 3.05) is 37.6 Å². The van der Waals surface area contributed by atoms with Gasteiger partial charge in [-0.2, -0.15) is 0 Å². The molecule has 1 radical (unpaired) electrons. The minimum atomic E-state index is 1.12. The van der Waals surface area contributed by atoms with Crippen LogP contribution in [0.2, 0.25) is 0 Å². The molecule has 0 spiro atoms. The summed E-state index contributed by atoms with van der Waals surface area (Å²) in [6.45, 7) is 10.1. The van der Waals surface area contributed by atoms with Gasteiger partial charge in [0, 0.05) is 37.2 Å². The van der Waals surface area contributed by atoms with Crippen LogP contribution >= 0.6 is 15.9 Å². The monoisotopic (exact) mass is 295 g/mol. The van der Waals surface area contributed by atoms with Crippen LogP contribution in [0.25, 0.3) is 0 Å². The van der Waals surface area contributed by atoms with Crippen molar-refractivity contribution in [2.24, 2.45) is 0 Å². The maximum atomic E-state index is 3.63. The Bertz CT molecular complexity index is 357. The molecule has 3 heteroatoms. The van der Waals surface area contributed by atoms with Crippen molar-refractivity contribution < 1.29 is 0 Å². The maximum absolute atomic E-state index is 3.63. The Balaban J connectivity index is 1.93. The van der Waals surface area contributed by atoms with Crippen LogP contribution in [0.5, 0.6) is 0 Å². The molecular formula is C14H20BrN2. The third-order valence-electron chi connectivity index (χ3n) is 3.11. The number of anilines is 1. The molecule has 1 aliphatic heterocycles. The van der Waals surface area contributed by atoms with Crippen molar-refractivity contribution >= 4 is 21.6 Å². The molecule has 1 aliphatic rings. The smallest absolute Gasteiger partial charge is 0.0511 e. The second kappa shape index (κ2) is 5.87. The topological polar surface area (TPSA) is 6.48 Å². The lowest BCUT2D eigenvalue weighted by Gasteiger charge is -2.37. The molecule has 1 heterocycles. The first-order valence-electron chi connectivity index (χ1n) is 6.17. The molecule has 0 unspecified atom stereocenters. The van der Waals surface area contributed by atoms with Crippen LogP contribution in [-0.2, 0) is 0 Å². The minimum absolute atomic E-state index is 1.12. The van der Waals surface area contributed by atoms with Crippen LogP contribution < -0.4 is 4.90 Å². The second-order valence-electron chi connectivity index (χ2n) is 4.92. The molecule has 93 valence electrons. The zero-order chi connectivity index (χ0) is 12.3. The van der Waals surface area contributed by atoms with E-state index in [9.17, 15) is 0 Å². The number of para-hydroxylation sites is 1. The summed E-state index contributed by atoms with van der Waals surface area (Å²) in [5.41, 5.74) is 1.32. The van der Waals surface area contributed by atoms with E-state index in [0.717, 1.165) is 32.7 Å². The Morgan fingerprint density at radius 2 is 1.76 bits per heavy atom. The number of benzene rings is 1. The van der Waals surface area contributed by atoms with Crippen LogP contribution in [0.1, 0.15) is 13.8 Å². The molecule has 1 saturated heterocycles. The number of hydrogen-bond donors (Lipinski definition) is 0. The number of piperazine rings is 1. The van der Waals surface area contributed by atoms with E-state index >= 15 is 0 Å². The molecule has 2 rings (SSSR count). The van der Waals surface area contributed by atoms with E-state index in [2.05, 4.69) is 63.8 Å². The summed E-state index contributed by atoms with van der Waals surface area (Å²) >= 11 is 3.63. The van der Waals surface area contributed by atoms with Gasteiger partial charge in [-0.1, -0.05) is 26.0 Å². The van der Waals surface area contributed by atoms with Crippen molar-refractivity contribution in [1.82, 2.24) is 4.90 Å². The third-order valence-corrected chi connectivity index (χ3v) is 3.78. The van der Waals surface area contributed by atoms with Gasteiger partial charge in [-0.05, 0) is 34.0 Å². The number of rotatable bonds is 3. The molecule has 1 aromatic carbocycles. The van der Waals surface area contributed by atoms with Crippen LogP contribution in [0, 0.1) is 5.92 Å². The standard InChI is InChI=1S/C14H20BrN2/c1-12(2)11-16-7-9-17(10-8-16)14-6-4-3-5-13(14)15/h3-6H,7-11H2,1-2H3. The molecule has 0 aliphatic carbocycles. The molecular weight excluding hydrogens is 276 g/mol. The van der Waals surface area contributed by atoms with E-state index in [1.807, 2.05) is 0 Å². The molecule has 0 saturated carbocycles. The second-order valence-corrected chi connectivity index (χ2v) is 5.78. The number of halogens is 1. The average molecular weight is 296 g/mol. The van der Waals surface area contributed by atoms with Gasteiger partial charge in [0.1, 0.15) is 0 Å². The highest BCUT2D eigenvalue weighted by Gasteiger charge is 2.18. The molecule has 2 nitrogen and oxygen atoms in total. The maximum Gasteiger partial charge on any atom is 0.0511 e. The Labute approximate surface area is 113 Å². The first-order valence-corrected chi connectivity index (χ1v) is 6.97. The highest BCUT2D eigenvalue weighted by molar-refractivity contribution is 9.10. The molecule has 0 atom stereocenters. The Hall–Kier alpha value is -0.540. The van der Waals surface area contributed by atoms with Crippen molar-refractivity contribution in [3.8, 4) is 0 Å². The predicted molar refractivity (Wildman–Crippen MR) is 77.4 cm³/mol. The summed E-state index contributed by atoms with van der Waals surface area (Å²) in [5.74, 6) is 1.50. The molecule has 0 bridgehead atoms. The average Bonchev–Trinajstić information content (AvgIpc) is 2.30. The van der Waals surface area contributed by atoms with Gasteiger partial charge in [-0.3, -0.25) is 4.90 Å². The minimum Gasteiger partial charge on any atom is -0.368 e. The summed E-state index contributed by atoms with van der Waals surface area (Å²) in [5, 5.41) is 0. The van der Waals surface area contributed by atoms with E-state index < -0.39 is 0 Å². The lowest BCUT2D eigenvalue weighted by atomic mass is 10.2. The fraction of sp³-hybridized carbons (Fsp3) is 0.500. The van der Waals surface area contributed by atoms with Crippen molar-refractivity contribution in [3.63, 3.8) is 0 Å². The van der Waals surface area contributed by atoms with Gasteiger partial charge in [0.15, 0.2) is 0 Å². The number of hydrogen-bond acceptors (Lipinski definition) is 2. The van der Waals surface area contributed by atoms with E-state index in [1.54, 1.807) is 0 Å². The molecule has 17 heavy (non-hydrogen) atoms. The van der Waals surface area contributed by atoms with Gasteiger partial charge < -0.3 is 4.90 Å². The van der Waals surface area contributed by atoms with Gasteiger partial charge >= 0.3 is 0 Å². The van der Waals surface area contributed by atoms with E-state index in [-0.39, 0.29) is 0 Å². The Morgan fingerprint density at radius 3 is 2.35 bits per heavy atom. The predicted octanol–water partition coefficient (Wildman–Crippen LogP) is 3.19. The SMILES string of the molecule is C[C](C)CN1CCN(c2ccccc2Br)CC1. The van der Waals surface area contributed by atoms with Gasteiger partial charge in [0.05, 0.1) is 5.69 Å². The van der Waals surface area contributed by atoms with Gasteiger partial charge in [0.25, 0.3) is 0 Å². The lowest BCUT2D eigenvalue weighted by Crippen LogP contribution is -2.47. The van der Waals surface area contributed by atoms with Crippen LogP contribution in [0.4, 0.5) is 5.69 Å². The van der Waals surface area contributed by atoms with Gasteiger partial charge in [-0.15, -0.1) is 0 Å². The van der Waals surface area contributed by atoms with Crippen LogP contribution in [-0.4, -0.2) is 37.6 Å². The quantitative estimate of drug-likeness (QED) is 0.845. The largest absolute Gasteiger partial charge is 0.368 e. The third kappa shape index (κ3) is 3.46. The highest BCUT2D eigenvalue weighted by Crippen LogP contribution is 2.26. The summed E-state index contributed by atoms with van der Waals surface area (Å²) in [6, 6.07) is 8.48. The van der Waals surface area contributed by atoms with Gasteiger partial charge in [-0.25, -0.2) is 0 Å². The normalized spacial score (nSPS) is 17.8. The summed E-state index contributed by atoms with van der Waals surface area (Å²) in [6.07, 6.45) is 0. The highest BCUT2D eigenvalue weighted by atomic mass is 79.9. The molecule has 1 aromatic rings. The molecule has 0 N–H and O–H groups in total. The van der Waals surface area contributed by atoms with Crippen molar-refractivity contribution in [2.45, 2.75) is 13.8 Å². The van der Waals surface area contributed by atoms with E-state index in [0.29, 0.717) is 0 Å². The zero-order valence-electron chi connectivity index (χ0n) is 10.6. The molecule has 1 fully saturated rings. The summed E-state index contributed by atoms with van der Waals surface area (Å²) < 4.78 is 1.20. The fourth-order valence-electron chi connectivity index (χ4n) is 2.30. The number of nitrogens with zero attached hydrogens (tertiary/aromatic N) is 2. The van der Waals surface area contributed by atoms with Crippen molar-refractivity contribution in [1.29, 1.82) is 0 Å². The first kappa shape index (κ1) is 12.9. The fourth-order valence-corrected chi connectivity index (χ4v) is 2.84. The lowest BCUT2D eigenvalue weighted by molar-refractivity contribution is 0.267. The Kier molecular flexibility index (Phi) is 4.46. The first-order chi connectivity index (χ1) is 8.16. The van der Waals surface area contributed by atoms with Crippen molar-refractivity contribution in [3.05, 3.63) is 34.7 Å². The molecule has 0 aromatic heterocycles. The van der Waals surface area contributed by atoms with Crippen LogP contribution in [0.15, 0.2) is 28.7 Å².